The molecule has 0 aliphatic carbocycles. The van der Waals surface area contributed by atoms with E-state index < -0.39 is 0 Å². The summed E-state index contributed by atoms with van der Waals surface area (Å²) in [4.78, 5) is 11.0. The summed E-state index contributed by atoms with van der Waals surface area (Å²) in [6, 6.07) is 5.57. The molecule has 0 spiro atoms. The van der Waals surface area contributed by atoms with Crippen molar-refractivity contribution in [1.82, 2.24) is 0 Å². The van der Waals surface area contributed by atoms with E-state index in [9.17, 15) is 4.79 Å². The Morgan fingerprint density at radius 1 is 1.46 bits per heavy atom. The third kappa shape index (κ3) is 3.19. The Morgan fingerprint density at radius 2 is 2.15 bits per heavy atom. The van der Waals surface area contributed by atoms with Gasteiger partial charge in [0.1, 0.15) is 5.75 Å². The van der Waals surface area contributed by atoms with Crippen molar-refractivity contribution in [2.45, 2.75) is 20.3 Å². The lowest BCUT2D eigenvalue weighted by molar-refractivity contribution is -0.134. The normalized spacial score (nSPS) is 9.77. The van der Waals surface area contributed by atoms with E-state index >= 15 is 0 Å². The van der Waals surface area contributed by atoms with E-state index in [0.717, 1.165) is 10.0 Å². The van der Waals surface area contributed by atoms with Gasteiger partial charge in [0.15, 0.2) is 0 Å². The van der Waals surface area contributed by atoms with Crippen LogP contribution in [0.4, 0.5) is 0 Å². The van der Waals surface area contributed by atoms with Gasteiger partial charge >= 0.3 is 5.97 Å². The summed E-state index contributed by atoms with van der Waals surface area (Å²) in [7, 11) is 0. The SMILES string of the molecule is CCC(=O)Oc1cc(C)cc(Br)c1. The van der Waals surface area contributed by atoms with Gasteiger partial charge in [0, 0.05) is 10.9 Å². The summed E-state index contributed by atoms with van der Waals surface area (Å²) in [5.74, 6) is 0.385. The van der Waals surface area contributed by atoms with Gasteiger partial charge in [-0.1, -0.05) is 22.9 Å². The summed E-state index contributed by atoms with van der Waals surface area (Å²) in [6.07, 6.45) is 0.394. The smallest absolute Gasteiger partial charge is 0.310 e. The molecule has 0 bridgehead atoms. The molecule has 0 amide bonds. The maximum Gasteiger partial charge on any atom is 0.310 e. The van der Waals surface area contributed by atoms with Crippen molar-refractivity contribution in [1.29, 1.82) is 0 Å². The van der Waals surface area contributed by atoms with Crippen molar-refractivity contribution in [2.75, 3.05) is 0 Å². The first-order chi connectivity index (χ1) is 6.11. The Morgan fingerprint density at radius 3 is 2.69 bits per heavy atom. The Labute approximate surface area is 86.0 Å². The molecule has 1 aromatic rings. The fourth-order valence-electron chi connectivity index (χ4n) is 0.965. The minimum absolute atomic E-state index is 0.211. The molecule has 0 fully saturated rings. The highest BCUT2D eigenvalue weighted by molar-refractivity contribution is 9.10. The van der Waals surface area contributed by atoms with Crippen molar-refractivity contribution in [2.24, 2.45) is 0 Å². The van der Waals surface area contributed by atoms with Crippen molar-refractivity contribution in [3.05, 3.63) is 28.2 Å². The Kier molecular flexibility index (Phi) is 3.48. The molecule has 0 atom stereocenters. The van der Waals surface area contributed by atoms with E-state index in [2.05, 4.69) is 15.9 Å². The van der Waals surface area contributed by atoms with Crippen LogP contribution in [0.3, 0.4) is 0 Å². The molecule has 0 aliphatic heterocycles. The van der Waals surface area contributed by atoms with Gasteiger partial charge < -0.3 is 4.74 Å². The van der Waals surface area contributed by atoms with Crippen molar-refractivity contribution < 1.29 is 9.53 Å². The van der Waals surface area contributed by atoms with Crippen LogP contribution in [0.2, 0.25) is 0 Å². The first-order valence-electron chi connectivity index (χ1n) is 4.09. The molecule has 0 aliphatic rings. The number of rotatable bonds is 2. The highest BCUT2D eigenvalue weighted by Gasteiger charge is 2.02. The zero-order chi connectivity index (χ0) is 9.84. The number of esters is 1. The van der Waals surface area contributed by atoms with E-state index in [1.54, 1.807) is 13.0 Å². The molecule has 0 radical (unpaired) electrons. The lowest BCUT2D eigenvalue weighted by Crippen LogP contribution is -2.05. The standard InChI is InChI=1S/C10H11BrO2/c1-3-10(12)13-9-5-7(2)4-8(11)6-9/h4-6H,3H2,1-2H3. The minimum Gasteiger partial charge on any atom is -0.426 e. The van der Waals surface area contributed by atoms with E-state index in [1.165, 1.54) is 0 Å². The fraction of sp³-hybridized carbons (Fsp3) is 0.300. The topological polar surface area (TPSA) is 26.3 Å². The van der Waals surface area contributed by atoms with Crippen LogP contribution in [0.5, 0.6) is 5.75 Å². The molecule has 0 N–H and O–H groups in total. The van der Waals surface area contributed by atoms with Gasteiger partial charge in [-0.15, -0.1) is 0 Å². The predicted molar refractivity (Wildman–Crippen MR) is 54.8 cm³/mol. The van der Waals surface area contributed by atoms with E-state index in [-0.39, 0.29) is 5.97 Å². The molecule has 2 nitrogen and oxygen atoms in total. The largest absolute Gasteiger partial charge is 0.426 e. The van der Waals surface area contributed by atoms with E-state index in [0.29, 0.717) is 12.2 Å². The zero-order valence-corrected chi connectivity index (χ0v) is 9.22. The lowest BCUT2D eigenvalue weighted by Gasteiger charge is -2.04. The van der Waals surface area contributed by atoms with Crippen LogP contribution < -0.4 is 4.74 Å². The molecular weight excluding hydrogens is 232 g/mol. The van der Waals surface area contributed by atoms with Crippen LogP contribution in [0.25, 0.3) is 0 Å². The lowest BCUT2D eigenvalue weighted by atomic mass is 10.2. The first-order valence-corrected chi connectivity index (χ1v) is 4.89. The molecule has 0 saturated carbocycles. The minimum atomic E-state index is -0.211. The number of ether oxygens (including phenoxy) is 1. The number of hydrogen-bond acceptors (Lipinski definition) is 2. The maximum absolute atomic E-state index is 11.0. The molecule has 3 heteroatoms. The Bertz CT molecular complexity index is 300. The number of carbonyl (C=O) groups is 1. The quantitative estimate of drug-likeness (QED) is 0.589. The summed E-state index contributed by atoms with van der Waals surface area (Å²) < 4.78 is 5.98. The van der Waals surface area contributed by atoms with Crippen molar-refractivity contribution in [3.8, 4) is 5.75 Å². The fourth-order valence-corrected chi connectivity index (χ4v) is 1.55. The Hall–Kier alpha value is -0.830. The Balaban J connectivity index is 2.83. The number of aryl methyl sites for hydroxylation is 1. The molecule has 13 heavy (non-hydrogen) atoms. The average Bonchev–Trinajstić information content (AvgIpc) is 2.02. The molecule has 1 aromatic carbocycles. The monoisotopic (exact) mass is 242 g/mol. The van der Waals surface area contributed by atoms with Gasteiger partial charge in [0.2, 0.25) is 0 Å². The van der Waals surface area contributed by atoms with Crippen LogP contribution in [0.1, 0.15) is 18.9 Å². The second-order valence-corrected chi connectivity index (χ2v) is 3.71. The zero-order valence-electron chi connectivity index (χ0n) is 7.63. The molecule has 0 saturated heterocycles. The number of halogens is 1. The molecule has 1 rings (SSSR count). The molecule has 0 aromatic heterocycles. The summed E-state index contributed by atoms with van der Waals surface area (Å²) in [5.41, 5.74) is 1.06. The second-order valence-electron chi connectivity index (χ2n) is 2.79. The third-order valence-electron chi connectivity index (χ3n) is 1.54. The van der Waals surface area contributed by atoms with Gasteiger partial charge in [-0.05, 0) is 30.7 Å². The van der Waals surface area contributed by atoms with Crippen LogP contribution in [-0.2, 0) is 4.79 Å². The summed E-state index contributed by atoms with van der Waals surface area (Å²) in [5, 5.41) is 0. The average molecular weight is 243 g/mol. The molecular formula is C10H11BrO2. The van der Waals surface area contributed by atoms with Crippen molar-refractivity contribution >= 4 is 21.9 Å². The third-order valence-corrected chi connectivity index (χ3v) is 1.99. The number of hydrogen-bond donors (Lipinski definition) is 0. The first kappa shape index (κ1) is 10.3. The van der Waals surface area contributed by atoms with Crippen LogP contribution in [-0.4, -0.2) is 5.97 Å². The van der Waals surface area contributed by atoms with E-state index in [4.69, 9.17) is 4.74 Å². The van der Waals surface area contributed by atoms with E-state index in [1.807, 2.05) is 19.1 Å². The van der Waals surface area contributed by atoms with Crippen LogP contribution in [0, 0.1) is 6.92 Å². The summed E-state index contributed by atoms with van der Waals surface area (Å²) >= 11 is 3.33. The van der Waals surface area contributed by atoms with Crippen molar-refractivity contribution in [3.63, 3.8) is 0 Å². The maximum atomic E-state index is 11.0. The van der Waals surface area contributed by atoms with Gasteiger partial charge in [-0.2, -0.15) is 0 Å². The number of benzene rings is 1. The highest BCUT2D eigenvalue weighted by atomic mass is 79.9. The van der Waals surface area contributed by atoms with Gasteiger partial charge in [-0.3, -0.25) is 4.79 Å². The summed E-state index contributed by atoms with van der Waals surface area (Å²) in [6.45, 7) is 3.72. The van der Waals surface area contributed by atoms with Crippen LogP contribution in [0.15, 0.2) is 22.7 Å². The van der Waals surface area contributed by atoms with Gasteiger partial charge in [0.25, 0.3) is 0 Å². The molecule has 0 heterocycles. The van der Waals surface area contributed by atoms with Gasteiger partial charge in [-0.25, -0.2) is 0 Å². The van der Waals surface area contributed by atoms with Crippen LogP contribution >= 0.6 is 15.9 Å². The highest BCUT2D eigenvalue weighted by Crippen LogP contribution is 2.21. The molecule has 70 valence electrons. The number of carbonyl (C=O) groups excluding carboxylic acids is 1. The predicted octanol–water partition coefficient (Wildman–Crippen LogP) is 3.07. The second kappa shape index (κ2) is 4.42. The van der Waals surface area contributed by atoms with Gasteiger partial charge in [0.05, 0.1) is 0 Å². The molecule has 0 unspecified atom stereocenters.